The third kappa shape index (κ3) is 5.92. The second kappa shape index (κ2) is 10.0. The Balaban J connectivity index is 2.12. The van der Waals surface area contributed by atoms with Crippen LogP contribution in [-0.4, -0.2) is 25.0 Å². The quantitative estimate of drug-likeness (QED) is 0.551. The zero-order valence-electron chi connectivity index (χ0n) is 15.1. The Hall–Kier alpha value is -2.27. The maximum Gasteiger partial charge on any atom is 0.328 e. The number of nitrogens with one attached hydrogen (secondary N) is 1. The first-order valence-corrected chi connectivity index (χ1v) is 9.18. The minimum absolute atomic E-state index is 0.0657. The summed E-state index contributed by atoms with van der Waals surface area (Å²) in [5.41, 5.74) is 2.15. The van der Waals surface area contributed by atoms with Gasteiger partial charge in [0.05, 0.1) is 7.11 Å². The zero-order chi connectivity index (χ0) is 18.9. The third-order valence-corrected chi connectivity index (χ3v) is 4.81. The van der Waals surface area contributed by atoms with Gasteiger partial charge in [-0.25, -0.2) is 4.79 Å². The van der Waals surface area contributed by atoms with Gasteiger partial charge < -0.3 is 10.1 Å². The highest BCUT2D eigenvalue weighted by molar-refractivity contribution is 7.80. The van der Waals surface area contributed by atoms with E-state index in [0.717, 1.165) is 11.1 Å². The molecule has 2 aromatic rings. The molecule has 0 saturated heterocycles. The van der Waals surface area contributed by atoms with Crippen LogP contribution in [0.1, 0.15) is 29.7 Å². The average Bonchev–Trinajstić information content (AvgIpc) is 2.68. The summed E-state index contributed by atoms with van der Waals surface area (Å²) >= 11 is 4.70. The fourth-order valence-electron chi connectivity index (χ4n) is 2.83. The normalized spacial score (nSPS) is 14.1. The zero-order valence-corrected chi connectivity index (χ0v) is 16.0. The van der Waals surface area contributed by atoms with E-state index in [1.54, 1.807) is 6.92 Å². The summed E-state index contributed by atoms with van der Waals surface area (Å²) in [5.74, 6) is -0.920. The van der Waals surface area contributed by atoms with Crippen LogP contribution in [-0.2, 0) is 20.7 Å². The second-order valence-corrected chi connectivity index (χ2v) is 6.93. The molecule has 0 heterocycles. The van der Waals surface area contributed by atoms with Gasteiger partial charge in [-0.1, -0.05) is 60.7 Å². The van der Waals surface area contributed by atoms with Gasteiger partial charge in [-0.05, 0) is 30.9 Å². The van der Waals surface area contributed by atoms with E-state index in [-0.39, 0.29) is 17.1 Å². The fraction of sp³-hybridized carbons (Fsp3) is 0.333. The van der Waals surface area contributed by atoms with E-state index in [9.17, 15) is 9.59 Å². The van der Waals surface area contributed by atoms with Crippen LogP contribution >= 0.6 is 12.6 Å². The molecule has 0 aliphatic rings. The standard InChI is InChI=1S/C21H25NO3S/c1-15(21(24)25-2)22-20(23)18(13-16-9-5-3-6-10-16)14-19(26)17-11-7-4-8-12-17/h3-12,15,18-19,26H,13-14H2,1-2H3,(H,22,23)/t15-,18?,19?/m0/s1. The molecule has 0 aliphatic heterocycles. The van der Waals surface area contributed by atoms with Gasteiger partial charge in [0.25, 0.3) is 0 Å². The molecule has 0 aliphatic carbocycles. The van der Waals surface area contributed by atoms with E-state index in [2.05, 4.69) is 5.32 Å². The van der Waals surface area contributed by atoms with Crippen molar-refractivity contribution < 1.29 is 14.3 Å². The van der Waals surface area contributed by atoms with Crippen molar-refractivity contribution >= 4 is 24.5 Å². The van der Waals surface area contributed by atoms with Crippen molar-refractivity contribution in [2.75, 3.05) is 7.11 Å². The number of thiol groups is 1. The monoisotopic (exact) mass is 371 g/mol. The van der Waals surface area contributed by atoms with Crippen molar-refractivity contribution in [3.63, 3.8) is 0 Å². The van der Waals surface area contributed by atoms with Gasteiger partial charge >= 0.3 is 5.97 Å². The number of benzene rings is 2. The summed E-state index contributed by atoms with van der Waals surface area (Å²) in [6.45, 7) is 1.62. The lowest BCUT2D eigenvalue weighted by Gasteiger charge is -2.22. The number of rotatable bonds is 8. The number of esters is 1. The maximum atomic E-state index is 12.8. The Kier molecular flexibility index (Phi) is 7.73. The van der Waals surface area contributed by atoms with Crippen LogP contribution in [0.5, 0.6) is 0 Å². The lowest BCUT2D eigenvalue weighted by Crippen LogP contribution is -2.43. The lowest BCUT2D eigenvalue weighted by molar-refractivity contribution is -0.145. The van der Waals surface area contributed by atoms with Gasteiger partial charge in [0.1, 0.15) is 6.04 Å². The molecular formula is C21H25NO3S. The number of carbonyl (C=O) groups excluding carboxylic acids is 2. The van der Waals surface area contributed by atoms with Gasteiger partial charge in [-0.3, -0.25) is 4.79 Å². The van der Waals surface area contributed by atoms with Gasteiger partial charge in [0.15, 0.2) is 0 Å². The van der Waals surface area contributed by atoms with Crippen molar-refractivity contribution in [2.45, 2.75) is 31.1 Å². The molecule has 0 spiro atoms. The highest BCUT2D eigenvalue weighted by Gasteiger charge is 2.26. The number of methoxy groups -OCH3 is 1. The molecule has 1 amide bonds. The summed E-state index contributed by atoms with van der Waals surface area (Å²) in [7, 11) is 1.31. The molecule has 4 nitrogen and oxygen atoms in total. The smallest absolute Gasteiger partial charge is 0.328 e. The molecular weight excluding hydrogens is 346 g/mol. The fourth-order valence-corrected chi connectivity index (χ4v) is 3.26. The highest BCUT2D eigenvalue weighted by atomic mass is 32.1. The SMILES string of the molecule is COC(=O)[C@H](C)NC(=O)C(Cc1ccccc1)CC(S)c1ccccc1. The summed E-state index contributed by atoms with van der Waals surface area (Å²) in [6.07, 6.45) is 1.16. The Morgan fingerprint density at radius 3 is 2.19 bits per heavy atom. The molecule has 0 saturated carbocycles. The molecule has 0 fully saturated rings. The summed E-state index contributed by atoms with van der Waals surface area (Å²) in [4.78, 5) is 24.4. The van der Waals surface area contributed by atoms with Crippen LogP contribution < -0.4 is 5.32 Å². The van der Waals surface area contributed by atoms with Crippen LogP contribution in [0.4, 0.5) is 0 Å². The number of ether oxygens (including phenoxy) is 1. The van der Waals surface area contributed by atoms with Crippen LogP contribution in [0.15, 0.2) is 60.7 Å². The van der Waals surface area contributed by atoms with Crippen LogP contribution in [0.25, 0.3) is 0 Å². The molecule has 26 heavy (non-hydrogen) atoms. The van der Waals surface area contributed by atoms with Crippen LogP contribution in [0.2, 0.25) is 0 Å². The van der Waals surface area contributed by atoms with E-state index in [1.165, 1.54) is 7.11 Å². The average molecular weight is 372 g/mol. The predicted octanol–water partition coefficient (Wildman–Crippen LogP) is 3.58. The minimum atomic E-state index is -0.680. The first kappa shape index (κ1) is 20.0. The third-order valence-electron chi connectivity index (χ3n) is 4.30. The van der Waals surface area contributed by atoms with Gasteiger partial charge in [0.2, 0.25) is 5.91 Å². The highest BCUT2D eigenvalue weighted by Crippen LogP contribution is 2.29. The molecule has 0 bridgehead atoms. The van der Waals surface area contributed by atoms with Crippen molar-refractivity contribution in [3.05, 3.63) is 71.8 Å². The predicted molar refractivity (Wildman–Crippen MR) is 106 cm³/mol. The first-order valence-electron chi connectivity index (χ1n) is 8.66. The lowest BCUT2D eigenvalue weighted by atomic mass is 9.91. The summed E-state index contributed by atoms with van der Waals surface area (Å²) < 4.78 is 4.69. The molecule has 138 valence electrons. The number of hydrogen-bond donors (Lipinski definition) is 2. The van der Waals surface area contributed by atoms with E-state index in [0.29, 0.717) is 12.8 Å². The van der Waals surface area contributed by atoms with Gasteiger partial charge in [-0.15, -0.1) is 0 Å². The van der Waals surface area contributed by atoms with E-state index in [1.807, 2.05) is 60.7 Å². The summed E-state index contributed by atoms with van der Waals surface area (Å²) in [6, 6.07) is 19.1. The Morgan fingerprint density at radius 2 is 1.62 bits per heavy atom. The van der Waals surface area contributed by atoms with Crippen molar-refractivity contribution in [3.8, 4) is 0 Å². The number of amides is 1. The van der Waals surface area contributed by atoms with E-state index < -0.39 is 12.0 Å². The first-order chi connectivity index (χ1) is 12.5. The van der Waals surface area contributed by atoms with Crippen molar-refractivity contribution in [2.24, 2.45) is 5.92 Å². The molecule has 1 N–H and O–H groups in total. The minimum Gasteiger partial charge on any atom is -0.467 e. The molecule has 2 aromatic carbocycles. The molecule has 2 rings (SSSR count). The molecule has 2 unspecified atom stereocenters. The molecule has 0 aromatic heterocycles. The number of carbonyl (C=O) groups is 2. The second-order valence-electron chi connectivity index (χ2n) is 6.30. The number of hydrogen-bond acceptors (Lipinski definition) is 4. The molecule has 3 atom stereocenters. The van der Waals surface area contributed by atoms with E-state index in [4.69, 9.17) is 17.4 Å². The van der Waals surface area contributed by atoms with Gasteiger partial charge in [-0.2, -0.15) is 12.6 Å². The Bertz CT molecular complexity index is 706. The van der Waals surface area contributed by atoms with Crippen LogP contribution in [0, 0.1) is 5.92 Å². The van der Waals surface area contributed by atoms with Crippen molar-refractivity contribution in [1.29, 1.82) is 0 Å². The van der Waals surface area contributed by atoms with Crippen molar-refractivity contribution in [1.82, 2.24) is 5.32 Å². The Morgan fingerprint density at radius 1 is 1.04 bits per heavy atom. The topological polar surface area (TPSA) is 55.4 Å². The summed E-state index contributed by atoms with van der Waals surface area (Å²) in [5, 5.41) is 2.69. The van der Waals surface area contributed by atoms with Crippen LogP contribution in [0.3, 0.4) is 0 Å². The Labute approximate surface area is 160 Å². The largest absolute Gasteiger partial charge is 0.467 e. The van der Waals surface area contributed by atoms with Gasteiger partial charge in [0, 0.05) is 11.2 Å². The molecule has 5 heteroatoms. The van der Waals surface area contributed by atoms with E-state index >= 15 is 0 Å². The maximum absolute atomic E-state index is 12.8. The molecule has 0 radical (unpaired) electrons.